The average molecular weight is 451 g/mol. The molecule has 0 unspecified atom stereocenters. The molecule has 0 aliphatic rings. The van der Waals surface area contributed by atoms with Gasteiger partial charge in [0.15, 0.2) is 5.43 Å². The Morgan fingerprint density at radius 1 is 0.824 bits per heavy atom. The Morgan fingerprint density at radius 2 is 1.53 bits per heavy atom. The monoisotopic (exact) mass is 450 g/mol. The van der Waals surface area contributed by atoms with E-state index < -0.39 is 5.91 Å². The number of carbonyl (C=O) groups is 1. The van der Waals surface area contributed by atoms with Crippen LogP contribution in [0.3, 0.4) is 0 Å². The second kappa shape index (κ2) is 9.52. The van der Waals surface area contributed by atoms with Crippen LogP contribution in [0, 0.1) is 34.6 Å². The van der Waals surface area contributed by atoms with Gasteiger partial charge in [-0.05, 0) is 69.0 Å². The number of benzene rings is 3. The van der Waals surface area contributed by atoms with Gasteiger partial charge >= 0.3 is 0 Å². The molecule has 34 heavy (non-hydrogen) atoms. The van der Waals surface area contributed by atoms with Crippen molar-refractivity contribution in [2.75, 3.05) is 5.32 Å². The predicted octanol–water partition coefficient (Wildman–Crippen LogP) is 6.36. The van der Waals surface area contributed by atoms with Gasteiger partial charge in [-0.3, -0.25) is 9.59 Å². The highest BCUT2D eigenvalue weighted by atomic mass is 16.2. The summed E-state index contributed by atoms with van der Waals surface area (Å²) < 4.78 is 2.07. The second-order valence-electron chi connectivity index (χ2n) is 9.02. The SMILES string of the molecule is Cc1ccc(Cn2c(C)cc(=O)c(C(=O)Nc3cccc(C)c3C)c2-c2cccc(C)c2)cc1. The van der Waals surface area contributed by atoms with Gasteiger partial charge in [0, 0.05) is 24.0 Å². The number of amides is 1. The van der Waals surface area contributed by atoms with E-state index in [1.165, 1.54) is 5.56 Å². The first kappa shape index (κ1) is 23.2. The van der Waals surface area contributed by atoms with E-state index in [2.05, 4.69) is 41.1 Å². The summed E-state index contributed by atoms with van der Waals surface area (Å²) in [6, 6.07) is 23.6. The first-order chi connectivity index (χ1) is 16.2. The Bertz CT molecular complexity index is 1430. The third kappa shape index (κ3) is 4.72. The molecule has 4 heteroatoms. The summed E-state index contributed by atoms with van der Waals surface area (Å²) in [6.45, 7) is 10.5. The van der Waals surface area contributed by atoms with E-state index in [-0.39, 0.29) is 11.0 Å². The molecule has 0 radical (unpaired) electrons. The molecule has 1 aromatic heterocycles. The minimum absolute atomic E-state index is 0.157. The van der Waals surface area contributed by atoms with Crippen LogP contribution in [-0.4, -0.2) is 10.5 Å². The minimum Gasteiger partial charge on any atom is -0.340 e. The van der Waals surface area contributed by atoms with Crippen molar-refractivity contribution in [3.8, 4) is 11.3 Å². The van der Waals surface area contributed by atoms with Crippen LogP contribution >= 0.6 is 0 Å². The molecular weight excluding hydrogens is 420 g/mol. The van der Waals surface area contributed by atoms with Crippen LogP contribution in [0.5, 0.6) is 0 Å². The fraction of sp³-hybridized carbons (Fsp3) is 0.200. The molecule has 172 valence electrons. The van der Waals surface area contributed by atoms with Crippen molar-refractivity contribution >= 4 is 11.6 Å². The number of nitrogens with zero attached hydrogens (tertiary/aromatic N) is 1. The highest BCUT2D eigenvalue weighted by Crippen LogP contribution is 2.27. The number of nitrogens with one attached hydrogen (secondary N) is 1. The molecule has 0 saturated carbocycles. The number of hydrogen-bond acceptors (Lipinski definition) is 2. The third-order valence-corrected chi connectivity index (χ3v) is 6.35. The largest absolute Gasteiger partial charge is 0.340 e. The molecule has 0 aliphatic carbocycles. The molecule has 0 atom stereocenters. The fourth-order valence-electron chi connectivity index (χ4n) is 4.23. The van der Waals surface area contributed by atoms with Crippen LogP contribution in [0.25, 0.3) is 11.3 Å². The van der Waals surface area contributed by atoms with E-state index in [4.69, 9.17) is 0 Å². The number of carbonyl (C=O) groups excluding carboxylic acids is 1. The summed E-state index contributed by atoms with van der Waals surface area (Å²) in [5.41, 5.74) is 8.31. The lowest BCUT2D eigenvalue weighted by Gasteiger charge is -2.21. The zero-order chi connectivity index (χ0) is 24.4. The smallest absolute Gasteiger partial charge is 0.261 e. The van der Waals surface area contributed by atoms with Crippen LogP contribution in [0.2, 0.25) is 0 Å². The number of hydrogen-bond donors (Lipinski definition) is 1. The Labute approximate surface area is 200 Å². The van der Waals surface area contributed by atoms with E-state index in [1.54, 1.807) is 6.07 Å². The second-order valence-corrected chi connectivity index (χ2v) is 9.02. The molecule has 3 aromatic carbocycles. The molecule has 4 nitrogen and oxygen atoms in total. The molecule has 0 spiro atoms. The van der Waals surface area contributed by atoms with Gasteiger partial charge < -0.3 is 9.88 Å². The minimum atomic E-state index is -0.395. The normalized spacial score (nSPS) is 10.9. The van der Waals surface area contributed by atoms with Crippen molar-refractivity contribution in [2.45, 2.75) is 41.2 Å². The summed E-state index contributed by atoms with van der Waals surface area (Å²) in [4.78, 5) is 26.9. The van der Waals surface area contributed by atoms with Crippen molar-refractivity contribution in [3.63, 3.8) is 0 Å². The van der Waals surface area contributed by atoms with Gasteiger partial charge in [0.25, 0.3) is 5.91 Å². The van der Waals surface area contributed by atoms with Gasteiger partial charge in [0.1, 0.15) is 5.56 Å². The van der Waals surface area contributed by atoms with Crippen LogP contribution < -0.4 is 10.7 Å². The van der Waals surface area contributed by atoms with Crippen molar-refractivity contribution in [1.82, 2.24) is 4.57 Å². The maximum Gasteiger partial charge on any atom is 0.261 e. The lowest BCUT2D eigenvalue weighted by molar-refractivity contribution is 0.102. The first-order valence-electron chi connectivity index (χ1n) is 11.5. The zero-order valence-electron chi connectivity index (χ0n) is 20.4. The molecule has 1 heterocycles. The molecule has 0 aliphatic heterocycles. The molecule has 0 bridgehead atoms. The van der Waals surface area contributed by atoms with Gasteiger partial charge in [-0.1, -0.05) is 65.7 Å². The standard InChI is InChI=1S/C30H30N2O2/c1-19-12-14-24(15-13-19)18-32-22(4)17-27(33)28(29(32)25-10-6-8-20(2)16-25)30(34)31-26-11-7-9-21(3)23(26)5/h6-17H,18H2,1-5H3,(H,31,34). The number of aromatic nitrogens is 1. The summed E-state index contributed by atoms with van der Waals surface area (Å²) in [7, 11) is 0. The maximum absolute atomic E-state index is 13.6. The Balaban J connectivity index is 1.91. The van der Waals surface area contributed by atoms with Crippen LogP contribution in [0.15, 0.2) is 77.6 Å². The van der Waals surface area contributed by atoms with Gasteiger partial charge in [0.2, 0.25) is 0 Å². The number of rotatable bonds is 5. The van der Waals surface area contributed by atoms with E-state index in [1.807, 2.05) is 70.2 Å². The number of anilines is 1. The number of pyridine rings is 1. The molecule has 1 N–H and O–H groups in total. The maximum atomic E-state index is 13.6. The molecular formula is C30H30N2O2. The lowest BCUT2D eigenvalue weighted by Crippen LogP contribution is -2.27. The third-order valence-electron chi connectivity index (χ3n) is 6.35. The highest BCUT2D eigenvalue weighted by molar-refractivity contribution is 6.08. The van der Waals surface area contributed by atoms with E-state index in [0.29, 0.717) is 17.9 Å². The summed E-state index contributed by atoms with van der Waals surface area (Å²) >= 11 is 0. The summed E-state index contributed by atoms with van der Waals surface area (Å²) in [6.07, 6.45) is 0. The molecule has 0 fully saturated rings. The van der Waals surface area contributed by atoms with E-state index in [9.17, 15) is 9.59 Å². The van der Waals surface area contributed by atoms with Crippen molar-refractivity contribution in [2.24, 2.45) is 0 Å². The van der Waals surface area contributed by atoms with Crippen LogP contribution in [0.4, 0.5) is 5.69 Å². The van der Waals surface area contributed by atoms with Gasteiger partial charge in [-0.2, -0.15) is 0 Å². The zero-order valence-corrected chi connectivity index (χ0v) is 20.4. The van der Waals surface area contributed by atoms with Gasteiger partial charge in [-0.25, -0.2) is 0 Å². The lowest BCUT2D eigenvalue weighted by atomic mass is 10.00. The Hall–Kier alpha value is -3.92. The molecule has 4 aromatic rings. The average Bonchev–Trinajstić information content (AvgIpc) is 2.79. The Kier molecular flexibility index (Phi) is 6.51. The van der Waals surface area contributed by atoms with Crippen LogP contribution in [0.1, 0.15) is 43.9 Å². The van der Waals surface area contributed by atoms with Crippen LogP contribution in [-0.2, 0) is 6.54 Å². The van der Waals surface area contributed by atoms with Gasteiger partial charge in [0.05, 0.1) is 5.69 Å². The van der Waals surface area contributed by atoms with Crippen molar-refractivity contribution in [3.05, 3.63) is 122 Å². The van der Waals surface area contributed by atoms with Crippen molar-refractivity contribution < 1.29 is 4.79 Å². The van der Waals surface area contributed by atoms with Crippen molar-refractivity contribution in [1.29, 1.82) is 0 Å². The topological polar surface area (TPSA) is 51.1 Å². The quantitative estimate of drug-likeness (QED) is 0.385. The van der Waals surface area contributed by atoms with Gasteiger partial charge in [-0.15, -0.1) is 0 Å². The fourth-order valence-corrected chi connectivity index (χ4v) is 4.23. The number of aryl methyl sites for hydroxylation is 4. The highest BCUT2D eigenvalue weighted by Gasteiger charge is 2.22. The first-order valence-corrected chi connectivity index (χ1v) is 11.5. The van der Waals surface area contributed by atoms with E-state index in [0.717, 1.165) is 33.5 Å². The molecule has 4 rings (SSSR count). The molecule has 0 saturated heterocycles. The summed E-state index contributed by atoms with van der Waals surface area (Å²) in [5, 5.41) is 3.00. The van der Waals surface area contributed by atoms with E-state index >= 15 is 0 Å². The molecule has 1 amide bonds. The summed E-state index contributed by atoms with van der Waals surface area (Å²) in [5.74, 6) is -0.395. The Morgan fingerprint density at radius 3 is 2.24 bits per heavy atom. The predicted molar refractivity (Wildman–Crippen MR) is 140 cm³/mol.